The topological polar surface area (TPSA) is 83.7 Å². The lowest BCUT2D eigenvalue weighted by Crippen LogP contribution is -2.50. The molecular formula is C14H14ClN3O4S. The summed E-state index contributed by atoms with van der Waals surface area (Å²) in [6.07, 6.45) is 2.67. The molecule has 0 saturated carbocycles. The highest BCUT2D eigenvalue weighted by Gasteiger charge is 2.31. The Labute approximate surface area is 138 Å². The van der Waals surface area contributed by atoms with Crippen LogP contribution in [0.25, 0.3) is 0 Å². The Balaban J connectivity index is 1.69. The van der Waals surface area contributed by atoms with Crippen molar-refractivity contribution < 1.29 is 17.6 Å². The molecule has 0 aliphatic carbocycles. The van der Waals surface area contributed by atoms with Crippen molar-refractivity contribution in [1.29, 1.82) is 0 Å². The van der Waals surface area contributed by atoms with E-state index in [1.165, 1.54) is 28.9 Å². The summed E-state index contributed by atoms with van der Waals surface area (Å²) in [6, 6.07) is 6.09. The molecule has 0 unspecified atom stereocenters. The molecule has 0 spiro atoms. The van der Waals surface area contributed by atoms with E-state index in [0.29, 0.717) is 13.1 Å². The molecule has 0 bridgehead atoms. The second-order valence-electron chi connectivity index (χ2n) is 4.99. The summed E-state index contributed by atoms with van der Waals surface area (Å²) < 4.78 is 31.5. The monoisotopic (exact) mass is 355 g/mol. The summed E-state index contributed by atoms with van der Waals surface area (Å²) in [5, 5.41) is 0.234. The first-order valence-electron chi connectivity index (χ1n) is 6.93. The lowest BCUT2D eigenvalue weighted by Gasteiger charge is -2.33. The van der Waals surface area contributed by atoms with Crippen LogP contribution in [0.1, 0.15) is 10.6 Å². The van der Waals surface area contributed by atoms with Crippen molar-refractivity contribution in [3.63, 3.8) is 0 Å². The smallest absolute Gasteiger partial charge is 0.289 e. The van der Waals surface area contributed by atoms with Crippen LogP contribution in [0, 0.1) is 0 Å². The first kappa shape index (κ1) is 16.0. The van der Waals surface area contributed by atoms with Gasteiger partial charge in [-0.2, -0.15) is 4.31 Å². The molecule has 122 valence electrons. The van der Waals surface area contributed by atoms with E-state index < -0.39 is 10.0 Å². The van der Waals surface area contributed by atoms with Crippen LogP contribution < -0.4 is 0 Å². The number of halogens is 1. The molecule has 0 N–H and O–H groups in total. The fraction of sp³-hybridized carbons (Fsp3) is 0.286. The van der Waals surface area contributed by atoms with Gasteiger partial charge in [-0.25, -0.2) is 13.4 Å². The fourth-order valence-electron chi connectivity index (χ4n) is 2.35. The van der Waals surface area contributed by atoms with Gasteiger partial charge in [-0.1, -0.05) is 11.6 Å². The predicted octanol–water partition coefficient (Wildman–Crippen LogP) is 1.47. The van der Waals surface area contributed by atoms with Crippen LogP contribution in [-0.4, -0.2) is 54.7 Å². The van der Waals surface area contributed by atoms with E-state index in [1.54, 1.807) is 17.0 Å². The van der Waals surface area contributed by atoms with Crippen LogP contribution in [-0.2, 0) is 10.0 Å². The Bertz CT molecular complexity index is 782. The molecule has 1 fully saturated rings. The highest BCUT2D eigenvalue weighted by atomic mass is 35.5. The van der Waals surface area contributed by atoms with Gasteiger partial charge in [0.15, 0.2) is 5.76 Å². The number of hydrogen-bond donors (Lipinski definition) is 0. The number of nitrogens with zero attached hydrogens (tertiary/aromatic N) is 3. The Morgan fingerprint density at radius 3 is 2.48 bits per heavy atom. The second kappa shape index (κ2) is 6.31. The van der Waals surface area contributed by atoms with E-state index in [1.807, 2.05) is 0 Å². The van der Waals surface area contributed by atoms with Crippen molar-refractivity contribution in [3.05, 3.63) is 47.6 Å². The number of piperazine rings is 1. The second-order valence-corrected chi connectivity index (χ2v) is 7.32. The molecule has 0 aromatic carbocycles. The third-order valence-corrected chi connectivity index (χ3v) is 5.70. The van der Waals surface area contributed by atoms with Gasteiger partial charge in [0.05, 0.1) is 6.26 Å². The Morgan fingerprint density at radius 2 is 1.91 bits per heavy atom. The molecule has 2 aromatic heterocycles. The molecule has 1 amide bonds. The lowest BCUT2D eigenvalue weighted by molar-refractivity contribution is 0.0666. The van der Waals surface area contributed by atoms with Crippen LogP contribution in [0.2, 0.25) is 5.15 Å². The number of hydrogen-bond acceptors (Lipinski definition) is 5. The van der Waals surface area contributed by atoms with Gasteiger partial charge in [-0.3, -0.25) is 4.79 Å². The van der Waals surface area contributed by atoms with Crippen molar-refractivity contribution in [2.75, 3.05) is 26.2 Å². The standard InChI is InChI=1S/C14H14ClN3O4S/c15-13-4-3-11(10-16-13)23(20,21)18-7-5-17(6-8-18)14(19)12-2-1-9-22-12/h1-4,9-10H,5-8H2. The Hall–Kier alpha value is -1.90. The zero-order valence-corrected chi connectivity index (χ0v) is 13.6. The fourth-order valence-corrected chi connectivity index (χ4v) is 3.83. The molecule has 1 aliphatic rings. The highest BCUT2D eigenvalue weighted by molar-refractivity contribution is 7.89. The zero-order chi connectivity index (χ0) is 16.4. The van der Waals surface area contributed by atoms with Gasteiger partial charge in [-0.15, -0.1) is 0 Å². The quantitative estimate of drug-likeness (QED) is 0.778. The van der Waals surface area contributed by atoms with Crippen molar-refractivity contribution in [2.24, 2.45) is 0 Å². The molecular weight excluding hydrogens is 342 g/mol. The van der Waals surface area contributed by atoms with Gasteiger partial charge in [0, 0.05) is 32.4 Å². The Kier molecular flexibility index (Phi) is 4.38. The van der Waals surface area contributed by atoms with Gasteiger partial charge in [-0.05, 0) is 24.3 Å². The number of carbonyl (C=O) groups is 1. The van der Waals surface area contributed by atoms with Crippen molar-refractivity contribution in [1.82, 2.24) is 14.2 Å². The van der Waals surface area contributed by atoms with Crippen LogP contribution in [0.5, 0.6) is 0 Å². The van der Waals surface area contributed by atoms with E-state index in [0.717, 1.165) is 0 Å². The number of carbonyl (C=O) groups excluding carboxylic acids is 1. The van der Waals surface area contributed by atoms with E-state index in [2.05, 4.69) is 4.98 Å². The molecule has 3 rings (SSSR count). The predicted molar refractivity (Wildman–Crippen MR) is 82.6 cm³/mol. The first-order valence-corrected chi connectivity index (χ1v) is 8.75. The minimum absolute atomic E-state index is 0.0905. The molecule has 9 heteroatoms. The van der Waals surface area contributed by atoms with Crippen LogP contribution >= 0.6 is 11.6 Å². The molecule has 1 aliphatic heterocycles. The van der Waals surface area contributed by atoms with E-state index in [9.17, 15) is 13.2 Å². The number of rotatable bonds is 3. The number of pyridine rings is 1. The molecule has 0 atom stereocenters. The van der Waals surface area contributed by atoms with Gasteiger partial charge in [0.1, 0.15) is 10.0 Å². The lowest BCUT2D eigenvalue weighted by atomic mass is 10.3. The number of furan rings is 1. The average Bonchev–Trinajstić information content (AvgIpc) is 3.09. The van der Waals surface area contributed by atoms with Gasteiger partial charge in [0.2, 0.25) is 10.0 Å². The minimum atomic E-state index is -3.63. The maximum absolute atomic E-state index is 12.5. The number of aromatic nitrogens is 1. The third-order valence-electron chi connectivity index (χ3n) is 3.60. The van der Waals surface area contributed by atoms with E-state index >= 15 is 0 Å². The van der Waals surface area contributed by atoms with E-state index in [-0.39, 0.29) is 34.8 Å². The SMILES string of the molecule is O=C(c1ccco1)N1CCN(S(=O)(=O)c2ccc(Cl)nc2)CC1. The zero-order valence-electron chi connectivity index (χ0n) is 12.1. The third kappa shape index (κ3) is 3.24. The molecule has 23 heavy (non-hydrogen) atoms. The summed E-state index contributed by atoms with van der Waals surface area (Å²) in [7, 11) is -3.63. The maximum atomic E-state index is 12.5. The average molecular weight is 356 g/mol. The van der Waals surface area contributed by atoms with Crippen LogP contribution in [0.4, 0.5) is 0 Å². The maximum Gasteiger partial charge on any atom is 0.289 e. The Morgan fingerprint density at radius 1 is 1.17 bits per heavy atom. The summed E-state index contributed by atoms with van der Waals surface area (Å²) in [5.74, 6) is 0.0171. The molecule has 0 radical (unpaired) electrons. The summed E-state index contributed by atoms with van der Waals surface area (Å²) in [6.45, 7) is 1.05. The van der Waals surface area contributed by atoms with Gasteiger partial charge in [0.25, 0.3) is 5.91 Å². The molecule has 1 saturated heterocycles. The van der Waals surface area contributed by atoms with Gasteiger partial charge < -0.3 is 9.32 Å². The van der Waals surface area contributed by atoms with Gasteiger partial charge >= 0.3 is 0 Å². The normalized spacial score (nSPS) is 16.5. The van der Waals surface area contributed by atoms with Crippen LogP contribution in [0.15, 0.2) is 46.0 Å². The molecule has 3 heterocycles. The van der Waals surface area contributed by atoms with Crippen molar-refractivity contribution >= 4 is 27.5 Å². The number of sulfonamides is 1. The van der Waals surface area contributed by atoms with Crippen molar-refractivity contribution in [2.45, 2.75) is 4.90 Å². The summed E-state index contributed by atoms with van der Waals surface area (Å²) >= 11 is 5.68. The van der Waals surface area contributed by atoms with Crippen molar-refractivity contribution in [3.8, 4) is 0 Å². The van der Waals surface area contributed by atoms with E-state index in [4.69, 9.17) is 16.0 Å². The summed E-state index contributed by atoms with van der Waals surface area (Å²) in [5.41, 5.74) is 0. The largest absolute Gasteiger partial charge is 0.459 e. The number of amides is 1. The first-order chi connectivity index (χ1) is 11.0. The van der Waals surface area contributed by atoms with Crippen LogP contribution in [0.3, 0.4) is 0 Å². The summed E-state index contributed by atoms with van der Waals surface area (Å²) in [4.78, 5) is 17.6. The highest BCUT2D eigenvalue weighted by Crippen LogP contribution is 2.19. The molecule has 7 nitrogen and oxygen atoms in total. The minimum Gasteiger partial charge on any atom is -0.459 e. The molecule has 2 aromatic rings.